The highest BCUT2D eigenvalue weighted by Crippen LogP contribution is 2.23. The third-order valence-electron chi connectivity index (χ3n) is 3.33. The van der Waals surface area contributed by atoms with Crippen LogP contribution in [0.25, 0.3) is 0 Å². The maximum atomic E-state index is 11.9. The summed E-state index contributed by atoms with van der Waals surface area (Å²) in [5.74, 6) is 0.555. The first kappa shape index (κ1) is 17.0. The molecule has 5 nitrogen and oxygen atoms in total. The molecule has 0 aliphatic rings. The van der Waals surface area contributed by atoms with Crippen LogP contribution in [0.2, 0.25) is 5.02 Å². The number of hydrogen-bond acceptors (Lipinski definition) is 4. The molecule has 7 heteroatoms. The molecular weight excluding hydrogens is 324 g/mol. The zero-order valence-electron chi connectivity index (χ0n) is 12.7. The van der Waals surface area contributed by atoms with Crippen LogP contribution in [0.15, 0.2) is 45.9 Å². The highest BCUT2D eigenvalue weighted by Gasteiger charge is 2.21. The van der Waals surface area contributed by atoms with Crippen molar-refractivity contribution < 1.29 is 12.8 Å². The molecule has 1 aromatic heterocycles. The van der Waals surface area contributed by atoms with Gasteiger partial charge in [-0.15, -0.1) is 0 Å². The molecule has 1 aromatic carbocycles. The molecule has 120 valence electrons. The average molecular weight is 343 g/mol. The Balaban J connectivity index is 2.04. The number of furan rings is 1. The van der Waals surface area contributed by atoms with Gasteiger partial charge in [0.25, 0.3) is 10.0 Å². The Morgan fingerprint density at radius 3 is 2.55 bits per heavy atom. The van der Waals surface area contributed by atoms with Crippen LogP contribution >= 0.6 is 11.6 Å². The summed E-state index contributed by atoms with van der Waals surface area (Å²) in [6, 6.07) is 10.7. The molecule has 1 N–H and O–H groups in total. The van der Waals surface area contributed by atoms with E-state index >= 15 is 0 Å². The van der Waals surface area contributed by atoms with E-state index in [1.54, 1.807) is 6.07 Å². The van der Waals surface area contributed by atoms with E-state index in [1.165, 1.54) is 20.2 Å². The van der Waals surface area contributed by atoms with E-state index in [0.717, 1.165) is 9.87 Å². The van der Waals surface area contributed by atoms with Gasteiger partial charge in [0.2, 0.25) is 5.09 Å². The molecule has 1 unspecified atom stereocenters. The predicted molar refractivity (Wildman–Crippen MR) is 86.3 cm³/mol. The standard InChI is InChI=1S/C15H19ClN2O3S/c1-11(13-6-4-5-7-14(13)16)17-10-12-8-9-15(21-12)22(19,20)18(2)3/h4-9,11,17H,10H2,1-3H3. The first-order chi connectivity index (χ1) is 10.3. The fourth-order valence-corrected chi connectivity index (χ4v) is 3.07. The molecule has 1 atom stereocenters. The molecule has 0 aliphatic carbocycles. The summed E-state index contributed by atoms with van der Waals surface area (Å²) in [6.45, 7) is 2.40. The molecule has 2 aromatic rings. The number of benzene rings is 1. The number of nitrogens with one attached hydrogen (secondary N) is 1. The minimum absolute atomic E-state index is 0.0210. The lowest BCUT2D eigenvalue weighted by Crippen LogP contribution is -2.21. The highest BCUT2D eigenvalue weighted by atomic mass is 35.5. The lowest BCUT2D eigenvalue weighted by atomic mass is 10.1. The fourth-order valence-electron chi connectivity index (χ4n) is 1.96. The Labute approximate surface area is 135 Å². The Morgan fingerprint density at radius 1 is 1.23 bits per heavy atom. The van der Waals surface area contributed by atoms with E-state index in [0.29, 0.717) is 17.3 Å². The van der Waals surface area contributed by atoms with Gasteiger partial charge in [-0.2, -0.15) is 0 Å². The van der Waals surface area contributed by atoms with Gasteiger partial charge in [0.05, 0.1) is 6.54 Å². The summed E-state index contributed by atoms with van der Waals surface area (Å²) >= 11 is 6.15. The number of rotatable bonds is 6. The van der Waals surface area contributed by atoms with Crippen molar-refractivity contribution in [3.63, 3.8) is 0 Å². The fraction of sp³-hybridized carbons (Fsp3) is 0.333. The van der Waals surface area contributed by atoms with Crippen molar-refractivity contribution in [2.24, 2.45) is 0 Å². The zero-order valence-corrected chi connectivity index (χ0v) is 14.3. The summed E-state index contributed by atoms with van der Waals surface area (Å²) < 4.78 is 30.4. The quantitative estimate of drug-likeness (QED) is 0.876. The molecule has 0 fully saturated rings. The summed E-state index contributed by atoms with van der Waals surface area (Å²) in [5, 5.41) is 3.90. The van der Waals surface area contributed by atoms with Gasteiger partial charge >= 0.3 is 0 Å². The second-order valence-electron chi connectivity index (χ2n) is 5.13. The number of nitrogens with zero attached hydrogens (tertiary/aromatic N) is 1. The molecule has 1 heterocycles. The number of hydrogen-bond donors (Lipinski definition) is 1. The van der Waals surface area contributed by atoms with Gasteiger partial charge in [-0.3, -0.25) is 0 Å². The second kappa shape index (κ2) is 6.83. The van der Waals surface area contributed by atoms with Gasteiger partial charge in [-0.25, -0.2) is 12.7 Å². The largest absolute Gasteiger partial charge is 0.447 e. The minimum Gasteiger partial charge on any atom is -0.447 e. The molecule has 22 heavy (non-hydrogen) atoms. The van der Waals surface area contributed by atoms with Gasteiger partial charge in [0, 0.05) is 25.2 Å². The molecule has 0 spiro atoms. The van der Waals surface area contributed by atoms with Crippen LogP contribution in [0, 0.1) is 0 Å². The van der Waals surface area contributed by atoms with E-state index in [1.807, 2.05) is 31.2 Å². The van der Waals surface area contributed by atoms with Gasteiger partial charge < -0.3 is 9.73 Å². The van der Waals surface area contributed by atoms with E-state index in [2.05, 4.69) is 5.32 Å². The molecular formula is C15H19ClN2O3S. The van der Waals surface area contributed by atoms with Gasteiger partial charge in [-0.1, -0.05) is 29.8 Å². The topological polar surface area (TPSA) is 62.6 Å². The van der Waals surface area contributed by atoms with Crippen molar-refractivity contribution >= 4 is 21.6 Å². The van der Waals surface area contributed by atoms with E-state index < -0.39 is 10.0 Å². The number of halogens is 1. The number of sulfonamides is 1. The molecule has 0 saturated heterocycles. The van der Waals surface area contributed by atoms with Crippen LogP contribution in [0.4, 0.5) is 0 Å². The van der Waals surface area contributed by atoms with Crippen molar-refractivity contribution in [3.05, 3.63) is 52.7 Å². The lowest BCUT2D eigenvalue weighted by molar-refractivity contribution is 0.382. The van der Waals surface area contributed by atoms with E-state index in [9.17, 15) is 8.42 Å². The normalized spacial score (nSPS) is 13.5. The van der Waals surface area contributed by atoms with Gasteiger partial charge in [-0.05, 0) is 30.7 Å². The summed E-state index contributed by atoms with van der Waals surface area (Å²) in [5.41, 5.74) is 0.983. The minimum atomic E-state index is -3.54. The van der Waals surface area contributed by atoms with Crippen LogP contribution < -0.4 is 5.32 Å². The van der Waals surface area contributed by atoms with Crippen LogP contribution in [-0.2, 0) is 16.6 Å². The molecule has 0 saturated carbocycles. The monoisotopic (exact) mass is 342 g/mol. The maximum absolute atomic E-state index is 11.9. The lowest BCUT2D eigenvalue weighted by Gasteiger charge is -2.14. The van der Waals surface area contributed by atoms with Crippen molar-refractivity contribution in [2.75, 3.05) is 14.1 Å². The zero-order chi connectivity index (χ0) is 16.3. The summed E-state index contributed by atoms with van der Waals surface area (Å²) in [7, 11) is -0.601. The summed E-state index contributed by atoms with van der Waals surface area (Å²) in [6.07, 6.45) is 0. The Morgan fingerprint density at radius 2 is 1.91 bits per heavy atom. The smallest absolute Gasteiger partial charge is 0.275 e. The average Bonchev–Trinajstić information content (AvgIpc) is 2.94. The third kappa shape index (κ3) is 3.70. The molecule has 0 radical (unpaired) electrons. The van der Waals surface area contributed by atoms with E-state index in [-0.39, 0.29) is 11.1 Å². The van der Waals surface area contributed by atoms with Gasteiger partial charge in [0.15, 0.2) is 0 Å². The van der Waals surface area contributed by atoms with E-state index in [4.69, 9.17) is 16.0 Å². The SMILES string of the molecule is CC(NCc1ccc(S(=O)(=O)N(C)C)o1)c1ccccc1Cl. The van der Waals surface area contributed by atoms with Crippen molar-refractivity contribution in [1.82, 2.24) is 9.62 Å². The molecule has 2 rings (SSSR count). The highest BCUT2D eigenvalue weighted by molar-refractivity contribution is 7.88. The summed E-state index contributed by atoms with van der Waals surface area (Å²) in [4.78, 5) is 0. The molecule has 0 bridgehead atoms. The van der Waals surface area contributed by atoms with Crippen molar-refractivity contribution in [2.45, 2.75) is 24.6 Å². The molecule has 0 aliphatic heterocycles. The third-order valence-corrected chi connectivity index (χ3v) is 5.36. The first-order valence-electron chi connectivity index (χ1n) is 6.81. The Kier molecular flexibility index (Phi) is 5.28. The second-order valence-corrected chi connectivity index (χ2v) is 7.62. The van der Waals surface area contributed by atoms with Crippen LogP contribution in [0.1, 0.15) is 24.3 Å². The van der Waals surface area contributed by atoms with Crippen LogP contribution in [0.3, 0.4) is 0 Å². The Hall–Kier alpha value is -1.34. The predicted octanol–water partition coefficient (Wildman–Crippen LogP) is 3.03. The molecule has 0 amide bonds. The van der Waals surface area contributed by atoms with Crippen LogP contribution in [-0.4, -0.2) is 26.8 Å². The van der Waals surface area contributed by atoms with Crippen molar-refractivity contribution in [1.29, 1.82) is 0 Å². The van der Waals surface area contributed by atoms with Crippen LogP contribution in [0.5, 0.6) is 0 Å². The van der Waals surface area contributed by atoms with Crippen molar-refractivity contribution in [3.8, 4) is 0 Å². The maximum Gasteiger partial charge on any atom is 0.275 e. The Bertz CT molecular complexity index is 741. The first-order valence-corrected chi connectivity index (χ1v) is 8.63. The van der Waals surface area contributed by atoms with Gasteiger partial charge in [0.1, 0.15) is 5.76 Å².